The van der Waals surface area contributed by atoms with Crippen LogP contribution >= 0.6 is 0 Å². The van der Waals surface area contributed by atoms with Crippen molar-refractivity contribution in [2.24, 2.45) is 0 Å². The van der Waals surface area contributed by atoms with Gasteiger partial charge in [-0.1, -0.05) is 12.8 Å². The summed E-state index contributed by atoms with van der Waals surface area (Å²) in [6.45, 7) is 6.36. The quantitative estimate of drug-likeness (QED) is 0.799. The van der Waals surface area contributed by atoms with E-state index >= 15 is 0 Å². The lowest BCUT2D eigenvalue weighted by atomic mass is 10.0. The second-order valence-corrected chi connectivity index (χ2v) is 7.83. The molecule has 0 aromatic carbocycles. The summed E-state index contributed by atoms with van der Waals surface area (Å²) < 4.78 is 5.36. The lowest BCUT2D eigenvalue weighted by Gasteiger charge is -2.37. The Balaban J connectivity index is 1.68. The van der Waals surface area contributed by atoms with E-state index < -0.39 is 0 Å². The summed E-state index contributed by atoms with van der Waals surface area (Å²) in [5.41, 5.74) is 0. The van der Waals surface area contributed by atoms with Gasteiger partial charge >= 0.3 is 6.01 Å². The molecular weight excluding hydrogens is 344 g/mol. The molecule has 1 aromatic rings. The Bertz CT molecular complexity index is 584. The summed E-state index contributed by atoms with van der Waals surface area (Å²) in [4.78, 5) is 20.6. The Morgan fingerprint density at radius 1 is 1.00 bits per heavy atom. The Hall–Kier alpha value is -1.67. The first-order chi connectivity index (χ1) is 13.1. The second kappa shape index (κ2) is 9.50. The molecule has 8 nitrogen and oxygen atoms in total. The fourth-order valence-corrected chi connectivity index (χ4v) is 4.05. The van der Waals surface area contributed by atoms with Gasteiger partial charge in [0, 0.05) is 38.8 Å². The van der Waals surface area contributed by atoms with Crippen molar-refractivity contribution in [2.75, 3.05) is 56.7 Å². The zero-order valence-electron chi connectivity index (χ0n) is 17.0. The van der Waals surface area contributed by atoms with E-state index in [1.165, 1.54) is 25.7 Å². The van der Waals surface area contributed by atoms with Crippen LogP contribution in [0.4, 0.5) is 11.9 Å². The lowest BCUT2D eigenvalue weighted by molar-refractivity contribution is 0.107. The van der Waals surface area contributed by atoms with Crippen molar-refractivity contribution in [1.29, 1.82) is 0 Å². The average molecular weight is 379 g/mol. The van der Waals surface area contributed by atoms with E-state index in [1.54, 1.807) is 7.11 Å². The fourth-order valence-electron chi connectivity index (χ4n) is 4.05. The predicted molar refractivity (Wildman–Crippen MR) is 107 cm³/mol. The molecule has 1 unspecified atom stereocenters. The van der Waals surface area contributed by atoms with Crippen molar-refractivity contribution in [2.45, 2.75) is 57.6 Å². The van der Waals surface area contributed by atoms with Crippen molar-refractivity contribution in [3.63, 3.8) is 0 Å². The zero-order valence-corrected chi connectivity index (χ0v) is 17.0. The highest BCUT2D eigenvalue weighted by Crippen LogP contribution is 2.24. The molecule has 2 fully saturated rings. The van der Waals surface area contributed by atoms with Crippen molar-refractivity contribution in [1.82, 2.24) is 19.9 Å². The van der Waals surface area contributed by atoms with E-state index in [4.69, 9.17) is 9.72 Å². The van der Waals surface area contributed by atoms with E-state index in [2.05, 4.69) is 31.7 Å². The lowest BCUT2D eigenvalue weighted by Crippen LogP contribution is -2.45. The van der Waals surface area contributed by atoms with Crippen LogP contribution in [0.2, 0.25) is 0 Å². The zero-order chi connectivity index (χ0) is 19.2. The first kappa shape index (κ1) is 20.1. The molecule has 2 aliphatic heterocycles. The summed E-state index contributed by atoms with van der Waals surface area (Å²) >= 11 is 0. The van der Waals surface area contributed by atoms with Gasteiger partial charge in [-0.3, -0.25) is 0 Å². The highest BCUT2D eigenvalue weighted by molar-refractivity contribution is 5.41. The minimum Gasteiger partial charge on any atom is -0.467 e. The maximum atomic E-state index is 9.62. The van der Waals surface area contributed by atoms with Crippen molar-refractivity contribution in [3.05, 3.63) is 0 Å². The fraction of sp³-hybridized carbons (Fsp3) is 0.842. The molecule has 0 saturated carbocycles. The van der Waals surface area contributed by atoms with E-state index in [0.29, 0.717) is 18.6 Å². The minimum absolute atomic E-state index is 0.294. The first-order valence-electron chi connectivity index (χ1n) is 10.2. The summed E-state index contributed by atoms with van der Waals surface area (Å²) in [5.74, 6) is 1.46. The van der Waals surface area contributed by atoms with Crippen LogP contribution in [0.5, 0.6) is 6.01 Å². The topological polar surface area (TPSA) is 77.9 Å². The predicted octanol–water partition coefficient (Wildman–Crippen LogP) is 1.54. The second-order valence-electron chi connectivity index (χ2n) is 7.83. The molecule has 3 heterocycles. The van der Waals surface area contributed by atoms with Crippen LogP contribution in [0.15, 0.2) is 0 Å². The number of aromatic nitrogens is 3. The molecule has 2 saturated heterocycles. The number of anilines is 2. The molecule has 1 aromatic heterocycles. The number of rotatable bonds is 6. The number of ether oxygens (including phenoxy) is 1. The molecule has 0 radical (unpaired) electrons. The van der Waals surface area contributed by atoms with Gasteiger partial charge in [-0.05, 0) is 39.7 Å². The van der Waals surface area contributed by atoms with Gasteiger partial charge in [-0.2, -0.15) is 15.0 Å². The van der Waals surface area contributed by atoms with Crippen LogP contribution in [0, 0.1) is 0 Å². The van der Waals surface area contributed by atoms with Gasteiger partial charge in [0.2, 0.25) is 11.9 Å². The number of hydrogen-bond donors (Lipinski definition) is 1. The highest BCUT2D eigenvalue weighted by atomic mass is 16.5. The molecule has 2 aliphatic rings. The Labute approximate surface area is 162 Å². The molecule has 0 bridgehead atoms. The summed E-state index contributed by atoms with van der Waals surface area (Å²) in [5, 5.41) is 9.62. The van der Waals surface area contributed by atoms with Crippen molar-refractivity contribution >= 4 is 11.9 Å². The van der Waals surface area contributed by atoms with Crippen LogP contribution in [-0.2, 0) is 0 Å². The maximum absolute atomic E-state index is 9.62. The van der Waals surface area contributed by atoms with Gasteiger partial charge < -0.3 is 24.5 Å². The van der Waals surface area contributed by atoms with Gasteiger partial charge in [0.1, 0.15) is 0 Å². The van der Waals surface area contributed by atoms with Gasteiger partial charge in [0.15, 0.2) is 0 Å². The van der Waals surface area contributed by atoms with E-state index in [1.807, 2.05) is 6.92 Å². The maximum Gasteiger partial charge on any atom is 0.322 e. The Morgan fingerprint density at radius 2 is 1.56 bits per heavy atom. The molecule has 0 aliphatic carbocycles. The molecule has 27 heavy (non-hydrogen) atoms. The minimum atomic E-state index is -0.294. The van der Waals surface area contributed by atoms with E-state index in [-0.39, 0.29) is 6.10 Å². The molecule has 152 valence electrons. The molecule has 8 heteroatoms. The van der Waals surface area contributed by atoms with Gasteiger partial charge in [-0.15, -0.1) is 0 Å². The number of hydrogen-bond acceptors (Lipinski definition) is 8. The Morgan fingerprint density at radius 3 is 2.07 bits per heavy atom. The molecule has 3 rings (SSSR count). The molecule has 0 spiro atoms. The van der Waals surface area contributed by atoms with Gasteiger partial charge in [0.05, 0.1) is 13.2 Å². The average Bonchev–Trinajstić information content (AvgIpc) is 2.96. The molecule has 0 amide bonds. The van der Waals surface area contributed by atoms with Crippen molar-refractivity contribution < 1.29 is 9.84 Å². The first-order valence-corrected chi connectivity index (χ1v) is 10.2. The smallest absolute Gasteiger partial charge is 0.322 e. The standard InChI is InChI=1S/C19H34N6O2/c1-15(26)14-23(2)16-8-12-25(13-9-16)18-20-17(21-19(22-18)27-3)24-10-6-4-5-7-11-24/h15-16,26H,4-14H2,1-3H3. The normalized spacial score (nSPS) is 20.6. The van der Waals surface area contributed by atoms with Crippen LogP contribution < -0.4 is 14.5 Å². The van der Waals surface area contributed by atoms with Crippen LogP contribution in [0.3, 0.4) is 0 Å². The third-order valence-electron chi connectivity index (χ3n) is 5.59. The van der Waals surface area contributed by atoms with Crippen molar-refractivity contribution in [3.8, 4) is 6.01 Å². The summed E-state index contributed by atoms with van der Waals surface area (Å²) in [7, 11) is 3.71. The number of methoxy groups -OCH3 is 1. The Kier molecular flexibility index (Phi) is 7.07. The number of aliphatic hydroxyl groups excluding tert-OH is 1. The number of aliphatic hydroxyl groups is 1. The summed E-state index contributed by atoms with van der Waals surface area (Å²) in [6.07, 6.45) is 6.70. The molecule has 1 atom stereocenters. The molecule has 1 N–H and O–H groups in total. The summed E-state index contributed by atoms with van der Waals surface area (Å²) in [6, 6.07) is 0.886. The number of likely N-dealkylation sites (N-methyl/N-ethyl adjacent to an activating group) is 1. The third kappa shape index (κ3) is 5.42. The largest absolute Gasteiger partial charge is 0.467 e. The van der Waals surface area contributed by atoms with E-state index in [0.717, 1.165) is 50.9 Å². The van der Waals surface area contributed by atoms with Crippen LogP contribution in [-0.4, -0.2) is 84.0 Å². The number of piperidine rings is 1. The third-order valence-corrected chi connectivity index (χ3v) is 5.59. The number of nitrogens with zero attached hydrogens (tertiary/aromatic N) is 6. The van der Waals surface area contributed by atoms with Gasteiger partial charge in [-0.25, -0.2) is 0 Å². The SMILES string of the molecule is COc1nc(N2CCCCCC2)nc(N2CCC(N(C)CC(C)O)CC2)n1. The van der Waals surface area contributed by atoms with Crippen LogP contribution in [0.25, 0.3) is 0 Å². The van der Waals surface area contributed by atoms with E-state index in [9.17, 15) is 5.11 Å². The van der Waals surface area contributed by atoms with Crippen LogP contribution in [0.1, 0.15) is 45.4 Å². The highest BCUT2D eigenvalue weighted by Gasteiger charge is 2.26. The monoisotopic (exact) mass is 378 g/mol. The molecular formula is C19H34N6O2. The van der Waals surface area contributed by atoms with Gasteiger partial charge in [0.25, 0.3) is 0 Å².